The Labute approximate surface area is 81.3 Å². The number of rotatable bonds is 8. The van der Waals surface area contributed by atoms with Crippen LogP contribution in [0.15, 0.2) is 0 Å². The summed E-state index contributed by atoms with van der Waals surface area (Å²) in [7, 11) is 0. The van der Waals surface area contributed by atoms with Gasteiger partial charge >= 0.3 is 5.97 Å². The Balaban J connectivity index is 3.16. The van der Waals surface area contributed by atoms with Crippen molar-refractivity contribution in [2.24, 2.45) is 5.92 Å². The molecule has 0 aliphatic heterocycles. The van der Waals surface area contributed by atoms with Crippen molar-refractivity contribution in [2.45, 2.75) is 58.8 Å². The number of carboxylic acids is 1. The third-order valence-corrected chi connectivity index (χ3v) is 2.39. The molecule has 0 heterocycles. The third kappa shape index (κ3) is 9.38. The summed E-state index contributed by atoms with van der Waals surface area (Å²) < 4.78 is 0. The standard InChI is InChI=1S/C11H22O2/c1-3-4-7-10(2)8-5-6-9-11(12)13/h10H,3-9H2,1-2H3,(H,12,13). The lowest BCUT2D eigenvalue weighted by Crippen LogP contribution is -1.97. The van der Waals surface area contributed by atoms with Crippen LogP contribution in [0.25, 0.3) is 0 Å². The average Bonchev–Trinajstić information content (AvgIpc) is 2.08. The Morgan fingerprint density at radius 3 is 2.38 bits per heavy atom. The van der Waals surface area contributed by atoms with Crippen molar-refractivity contribution in [3.05, 3.63) is 0 Å². The third-order valence-electron chi connectivity index (χ3n) is 2.39. The largest absolute Gasteiger partial charge is 0.481 e. The number of carbonyl (C=O) groups is 1. The summed E-state index contributed by atoms with van der Waals surface area (Å²) in [6.07, 6.45) is 7.29. The molecular weight excluding hydrogens is 164 g/mol. The summed E-state index contributed by atoms with van der Waals surface area (Å²) >= 11 is 0. The van der Waals surface area contributed by atoms with Gasteiger partial charge in [-0.3, -0.25) is 4.79 Å². The minimum Gasteiger partial charge on any atom is -0.481 e. The molecule has 1 unspecified atom stereocenters. The van der Waals surface area contributed by atoms with Crippen LogP contribution >= 0.6 is 0 Å². The van der Waals surface area contributed by atoms with Crippen molar-refractivity contribution in [2.75, 3.05) is 0 Å². The van der Waals surface area contributed by atoms with Crippen molar-refractivity contribution in [3.8, 4) is 0 Å². The van der Waals surface area contributed by atoms with Gasteiger partial charge in [-0.1, -0.05) is 46.0 Å². The van der Waals surface area contributed by atoms with Crippen LogP contribution in [0.1, 0.15) is 58.8 Å². The molecule has 0 radical (unpaired) electrons. The maximum atomic E-state index is 10.2. The zero-order chi connectivity index (χ0) is 10.1. The molecular formula is C11H22O2. The quantitative estimate of drug-likeness (QED) is 0.589. The van der Waals surface area contributed by atoms with Gasteiger partial charge in [-0.25, -0.2) is 0 Å². The van der Waals surface area contributed by atoms with E-state index in [0.29, 0.717) is 6.42 Å². The normalized spacial score (nSPS) is 12.8. The molecule has 2 nitrogen and oxygen atoms in total. The first-order chi connectivity index (χ1) is 6.16. The fraction of sp³-hybridized carbons (Fsp3) is 0.909. The predicted molar refractivity (Wildman–Crippen MR) is 54.8 cm³/mol. The molecule has 0 amide bonds. The molecule has 0 aliphatic carbocycles. The van der Waals surface area contributed by atoms with Gasteiger partial charge in [0, 0.05) is 6.42 Å². The molecule has 0 spiro atoms. The summed E-state index contributed by atoms with van der Waals surface area (Å²) in [5, 5.41) is 8.42. The topological polar surface area (TPSA) is 37.3 Å². The van der Waals surface area contributed by atoms with Gasteiger partial charge < -0.3 is 5.11 Å². The summed E-state index contributed by atoms with van der Waals surface area (Å²) in [6, 6.07) is 0. The van der Waals surface area contributed by atoms with E-state index in [0.717, 1.165) is 18.8 Å². The van der Waals surface area contributed by atoms with Crippen LogP contribution in [-0.2, 0) is 4.79 Å². The van der Waals surface area contributed by atoms with E-state index in [1.54, 1.807) is 0 Å². The van der Waals surface area contributed by atoms with E-state index in [2.05, 4.69) is 13.8 Å². The van der Waals surface area contributed by atoms with E-state index in [1.807, 2.05) is 0 Å². The van der Waals surface area contributed by atoms with E-state index >= 15 is 0 Å². The van der Waals surface area contributed by atoms with E-state index < -0.39 is 5.97 Å². The van der Waals surface area contributed by atoms with Crippen molar-refractivity contribution in [1.29, 1.82) is 0 Å². The van der Waals surface area contributed by atoms with Crippen LogP contribution in [-0.4, -0.2) is 11.1 Å². The van der Waals surface area contributed by atoms with Crippen LogP contribution in [0.2, 0.25) is 0 Å². The van der Waals surface area contributed by atoms with Gasteiger partial charge in [0.15, 0.2) is 0 Å². The van der Waals surface area contributed by atoms with Gasteiger partial charge in [-0.2, -0.15) is 0 Å². The van der Waals surface area contributed by atoms with Crippen LogP contribution in [0.4, 0.5) is 0 Å². The molecule has 0 bridgehead atoms. The first-order valence-electron chi connectivity index (χ1n) is 5.38. The van der Waals surface area contributed by atoms with Gasteiger partial charge in [0.2, 0.25) is 0 Å². The monoisotopic (exact) mass is 186 g/mol. The van der Waals surface area contributed by atoms with E-state index in [9.17, 15) is 4.79 Å². The first-order valence-corrected chi connectivity index (χ1v) is 5.38. The number of aliphatic carboxylic acids is 1. The highest BCUT2D eigenvalue weighted by Crippen LogP contribution is 2.15. The highest BCUT2D eigenvalue weighted by molar-refractivity contribution is 5.66. The summed E-state index contributed by atoms with van der Waals surface area (Å²) in [5.74, 6) is 0.106. The Morgan fingerprint density at radius 1 is 1.23 bits per heavy atom. The second-order valence-corrected chi connectivity index (χ2v) is 3.89. The highest BCUT2D eigenvalue weighted by Gasteiger charge is 2.02. The average molecular weight is 186 g/mol. The molecule has 2 heteroatoms. The molecule has 1 atom stereocenters. The van der Waals surface area contributed by atoms with Gasteiger partial charge in [-0.05, 0) is 12.3 Å². The molecule has 0 saturated carbocycles. The lowest BCUT2D eigenvalue weighted by molar-refractivity contribution is -0.137. The van der Waals surface area contributed by atoms with Crippen LogP contribution in [0, 0.1) is 5.92 Å². The Bertz CT molecular complexity index is 132. The van der Waals surface area contributed by atoms with E-state index in [1.165, 1.54) is 25.7 Å². The molecule has 0 saturated heterocycles. The summed E-state index contributed by atoms with van der Waals surface area (Å²) in [4.78, 5) is 10.2. The molecule has 0 rings (SSSR count). The molecule has 0 aromatic heterocycles. The van der Waals surface area contributed by atoms with Crippen molar-refractivity contribution in [3.63, 3.8) is 0 Å². The van der Waals surface area contributed by atoms with Crippen molar-refractivity contribution < 1.29 is 9.90 Å². The van der Waals surface area contributed by atoms with E-state index in [-0.39, 0.29) is 0 Å². The smallest absolute Gasteiger partial charge is 0.303 e. The Morgan fingerprint density at radius 2 is 1.85 bits per heavy atom. The van der Waals surface area contributed by atoms with Crippen LogP contribution in [0.3, 0.4) is 0 Å². The first kappa shape index (κ1) is 12.5. The lowest BCUT2D eigenvalue weighted by atomic mass is 9.97. The number of carboxylic acid groups (broad SMARTS) is 1. The maximum Gasteiger partial charge on any atom is 0.303 e. The fourth-order valence-corrected chi connectivity index (χ4v) is 1.47. The Hall–Kier alpha value is -0.530. The fourth-order valence-electron chi connectivity index (χ4n) is 1.47. The molecule has 1 N–H and O–H groups in total. The SMILES string of the molecule is CCCCC(C)CCCCC(=O)O. The lowest BCUT2D eigenvalue weighted by Gasteiger charge is -2.09. The summed E-state index contributed by atoms with van der Waals surface area (Å²) in [5.41, 5.74) is 0. The van der Waals surface area contributed by atoms with Crippen molar-refractivity contribution >= 4 is 5.97 Å². The van der Waals surface area contributed by atoms with Crippen LogP contribution < -0.4 is 0 Å². The molecule has 0 fully saturated rings. The molecule has 78 valence electrons. The zero-order valence-corrected chi connectivity index (χ0v) is 8.88. The second kappa shape index (κ2) is 8.09. The van der Waals surface area contributed by atoms with Gasteiger partial charge in [0.25, 0.3) is 0 Å². The number of unbranched alkanes of at least 4 members (excludes halogenated alkanes) is 2. The molecule has 0 aromatic rings. The second-order valence-electron chi connectivity index (χ2n) is 3.89. The number of hydrogen-bond donors (Lipinski definition) is 1. The van der Waals surface area contributed by atoms with Gasteiger partial charge in [-0.15, -0.1) is 0 Å². The van der Waals surface area contributed by atoms with Crippen molar-refractivity contribution in [1.82, 2.24) is 0 Å². The van der Waals surface area contributed by atoms with E-state index in [4.69, 9.17) is 5.11 Å². The molecule has 0 aliphatic rings. The minimum atomic E-state index is -0.666. The zero-order valence-electron chi connectivity index (χ0n) is 8.88. The molecule has 13 heavy (non-hydrogen) atoms. The Kier molecular flexibility index (Phi) is 7.76. The summed E-state index contributed by atoms with van der Waals surface area (Å²) in [6.45, 7) is 4.47. The molecule has 0 aromatic carbocycles. The number of hydrogen-bond acceptors (Lipinski definition) is 1. The van der Waals surface area contributed by atoms with Gasteiger partial charge in [0.05, 0.1) is 0 Å². The van der Waals surface area contributed by atoms with Gasteiger partial charge in [0.1, 0.15) is 0 Å². The minimum absolute atomic E-state index is 0.334. The van der Waals surface area contributed by atoms with Crippen LogP contribution in [0.5, 0.6) is 0 Å². The predicted octanol–water partition coefficient (Wildman–Crippen LogP) is 3.46. The highest BCUT2D eigenvalue weighted by atomic mass is 16.4. The maximum absolute atomic E-state index is 10.2.